The largest absolute Gasteiger partial charge is 0.480 e. The van der Waals surface area contributed by atoms with E-state index in [1.807, 2.05) is 36.5 Å². The van der Waals surface area contributed by atoms with Crippen molar-refractivity contribution < 1.29 is 19.4 Å². The molecule has 0 spiro atoms. The molecule has 0 radical (unpaired) electrons. The molecule has 0 aliphatic carbocycles. The topological polar surface area (TPSA) is 139 Å². The zero-order chi connectivity index (χ0) is 28.4. The van der Waals surface area contributed by atoms with Gasteiger partial charge in [0.25, 0.3) is 0 Å². The van der Waals surface area contributed by atoms with Gasteiger partial charge in [-0.25, -0.2) is 14.8 Å². The summed E-state index contributed by atoms with van der Waals surface area (Å²) in [6, 6.07) is 7.62. The summed E-state index contributed by atoms with van der Waals surface area (Å²) in [7, 11) is 1.81. The van der Waals surface area contributed by atoms with Crippen LogP contribution in [0.4, 0.5) is 4.79 Å². The number of amides is 1. The molecule has 0 aliphatic rings. The number of nitrogens with one attached hydrogen (secondary N) is 3. The first kappa shape index (κ1) is 29.9. The monoisotopic (exact) mass is 539 g/mol. The zero-order valence-corrected chi connectivity index (χ0v) is 23.5. The fourth-order valence-corrected chi connectivity index (χ4v) is 4.30. The summed E-state index contributed by atoms with van der Waals surface area (Å²) in [6.07, 6.45) is 7.58. The molecule has 2 heterocycles. The number of H-pyrrole nitrogens is 2. The second-order valence-electron chi connectivity index (χ2n) is 10.7. The minimum absolute atomic E-state index is 0.0528. The highest BCUT2D eigenvalue weighted by Gasteiger charge is 2.23. The zero-order valence-electron chi connectivity index (χ0n) is 23.5. The number of carbonyl (C=O) groups excluding carboxylic acids is 1. The third-order valence-corrected chi connectivity index (χ3v) is 6.35. The predicted molar refractivity (Wildman–Crippen MR) is 148 cm³/mol. The van der Waals surface area contributed by atoms with Crippen molar-refractivity contribution in [3.63, 3.8) is 0 Å². The Balaban J connectivity index is 1.55. The highest BCUT2D eigenvalue weighted by molar-refractivity contribution is 5.73. The summed E-state index contributed by atoms with van der Waals surface area (Å²) in [5.41, 5.74) is 1.59. The van der Waals surface area contributed by atoms with E-state index in [0.717, 1.165) is 22.8 Å². The maximum absolute atomic E-state index is 11.9. The van der Waals surface area contributed by atoms with Gasteiger partial charge < -0.3 is 25.1 Å². The average molecular weight is 540 g/mol. The van der Waals surface area contributed by atoms with Crippen molar-refractivity contribution in [2.45, 2.75) is 77.9 Å². The predicted octanol–water partition coefficient (Wildman–Crippen LogP) is 4.09. The molecular formula is C28H41N7O4. The second-order valence-corrected chi connectivity index (χ2v) is 10.7. The van der Waals surface area contributed by atoms with Gasteiger partial charge in [0.05, 0.1) is 12.6 Å². The van der Waals surface area contributed by atoms with Gasteiger partial charge in [0.1, 0.15) is 23.3 Å². The highest BCUT2D eigenvalue weighted by atomic mass is 16.6. The number of carboxylic acid groups (broad SMARTS) is 1. The Kier molecular flexibility index (Phi) is 10.6. The van der Waals surface area contributed by atoms with Crippen LogP contribution in [0.2, 0.25) is 0 Å². The quantitative estimate of drug-likeness (QED) is 0.225. The molecule has 0 bridgehead atoms. The number of nitrogens with zero attached hydrogens (tertiary/aromatic N) is 4. The molecule has 11 heteroatoms. The molecule has 0 saturated carbocycles. The Morgan fingerprint density at radius 2 is 1.67 bits per heavy atom. The maximum Gasteiger partial charge on any atom is 0.407 e. The van der Waals surface area contributed by atoms with E-state index in [-0.39, 0.29) is 6.04 Å². The van der Waals surface area contributed by atoms with E-state index >= 15 is 0 Å². The van der Waals surface area contributed by atoms with Crippen LogP contribution in [0.1, 0.15) is 69.4 Å². The first-order valence-corrected chi connectivity index (χ1v) is 13.2. The number of aromatic amines is 2. The maximum atomic E-state index is 11.9. The Labute approximate surface area is 230 Å². The number of hydrogen-bond donors (Lipinski definition) is 4. The average Bonchev–Trinajstić information content (AvgIpc) is 3.57. The van der Waals surface area contributed by atoms with Crippen LogP contribution in [0, 0.1) is 0 Å². The van der Waals surface area contributed by atoms with Gasteiger partial charge in [-0.3, -0.25) is 14.6 Å². The number of carbonyl (C=O) groups is 2. The van der Waals surface area contributed by atoms with Gasteiger partial charge in [-0.1, -0.05) is 24.3 Å². The van der Waals surface area contributed by atoms with Crippen molar-refractivity contribution in [1.82, 2.24) is 35.1 Å². The van der Waals surface area contributed by atoms with Crippen LogP contribution in [0.15, 0.2) is 49.1 Å². The molecule has 2 unspecified atom stereocenters. The standard InChI is InChI=1S/C28H41N7O4/c1-20(25-31-15-16-32-25)35(19-24-29-13-14-30-24)18-22-10-8-21(9-11-22)17-34(5)23(26(36)37)7-6-12-33-27(38)39-28(2,3)4/h8-11,13-16,20,23H,6-7,12,17-19H2,1-5H3,(H,29,30)(H,31,32)(H,33,38)(H,36,37). The Bertz CT molecular complexity index is 1140. The summed E-state index contributed by atoms with van der Waals surface area (Å²) in [6.45, 7) is 9.69. The van der Waals surface area contributed by atoms with Gasteiger partial charge in [-0.05, 0) is 58.7 Å². The normalized spacial score (nSPS) is 13.4. The van der Waals surface area contributed by atoms with Crippen LogP contribution in [0.3, 0.4) is 0 Å². The molecule has 0 fully saturated rings. The highest BCUT2D eigenvalue weighted by Crippen LogP contribution is 2.22. The third-order valence-electron chi connectivity index (χ3n) is 6.35. The molecule has 1 amide bonds. The molecule has 212 valence electrons. The number of benzene rings is 1. The van der Waals surface area contributed by atoms with Crippen LogP contribution in [0.5, 0.6) is 0 Å². The van der Waals surface area contributed by atoms with Crippen molar-refractivity contribution in [1.29, 1.82) is 0 Å². The number of aromatic nitrogens is 4. The van der Waals surface area contributed by atoms with Gasteiger partial charge >= 0.3 is 12.1 Å². The molecular weight excluding hydrogens is 498 g/mol. The number of likely N-dealkylation sites (N-methyl/N-ethyl adjacent to an activating group) is 1. The lowest BCUT2D eigenvalue weighted by atomic mass is 10.1. The fourth-order valence-electron chi connectivity index (χ4n) is 4.30. The third kappa shape index (κ3) is 9.84. The summed E-state index contributed by atoms with van der Waals surface area (Å²) < 4.78 is 5.22. The van der Waals surface area contributed by atoms with Crippen LogP contribution in [-0.2, 0) is 29.2 Å². The second kappa shape index (κ2) is 13.9. The van der Waals surface area contributed by atoms with Gasteiger partial charge in [-0.2, -0.15) is 0 Å². The van der Waals surface area contributed by atoms with Crippen molar-refractivity contribution in [3.8, 4) is 0 Å². The number of carboxylic acids is 1. The first-order chi connectivity index (χ1) is 18.5. The van der Waals surface area contributed by atoms with Gasteiger partial charge in [-0.15, -0.1) is 0 Å². The lowest BCUT2D eigenvalue weighted by Crippen LogP contribution is -2.39. The molecule has 2 aromatic heterocycles. The smallest absolute Gasteiger partial charge is 0.407 e. The minimum Gasteiger partial charge on any atom is -0.480 e. The van der Waals surface area contributed by atoms with Crippen molar-refractivity contribution >= 4 is 12.1 Å². The molecule has 1 aromatic carbocycles. The summed E-state index contributed by atoms with van der Waals surface area (Å²) in [4.78, 5) is 43.0. The van der Waals surface area contributed by atoms with Crippen molar-refractivity contribution in [2.75, 3.05) is 13.6 Å². The van der Waals surface area contributed by atoms with Gasteiger partial charge in [0.15, 0.2) is 0 Å². The van der Waals surface area contributed by atoms with Crippen LogP contribution < -0.4 is 5.32 Å². The summed E-state index contributed by atoms with van der Waals surface area (Å²) in [5.74, 6) is 0.889. The molecule has 11 nitrogen and oxygen atoms in total. The number of hydrogen-bond acceptors (Lipinski definition) is 7. The Morgan fingerprint density at radius 1 is 1.03 bits per heavy atom. The number of rotatable bonds is 14. The van der Waals surface area contributed by atoms with Crippen LogP contribution >= 0.6 is 0 Å². The van der Waals surface area contributed by atoms with Crippen LogP contribution in [-0.4, -0.2) is 72.1 Å². The molecule has 0 saturated heterocycles. The number of ether oxygens (including phenoxy) is 1. The van der Waals surface area contributed by atoms with Crippen molar-refractivity contribution in [3.05, 3.63) is 71.8 Å². The van der Waals surface area contributed by atoms with E-state index in [4.69, 9.17) is 4.74 Å². The minimum atomic E-state index is -0.883. The molecule has 39 heavy (non-hydrogen) atoms. The lowest BCUT2D eigenvalue weighted by molar-refractivity contribution is -0.143. The fraction of sp³-hybridized carbons (Fsp3) is 0.500. The molecule has 0 aliphatic heterocycles. The molecule has 3 rings (SSSR count). The Hall–Kier alpha value is -3.70. The van der Waals surface area contributed by atoms with E-state index in [9.17, 15) is 14.7 Å². The van der Waals surface area contributed by atoms with E-state index in [1.165, 1.54) is 0 Å². The SMILES string of the molecule is CC(c1ncc[nH]1)N(Cc1ccc(CN(C)C(CCCNC(=O)OC(C)(C)C)C(=O)O)cc1)Cc1ncc[nH]1. The number of alkyl carbamates (subject to hydrolysis) is 1. The van der Waals surface area contributed by atoms with E-state index in [1.54, 1.807) is 33.2 Å². The number of imidazole rings is 2. The van der Waals surface area contributed by atoms with E-state index in [2.05, 4.69) is 49.2 Å². The summed E-state index contributed by atoms with van der Waals surface area (Å²) in [5, 5.41) is 12.5. The summed E-state index contributed by atoms with van der Waals surface area (Å²) >= 11 is 0. The molecule has 2 atom stereocenters. The van der Waals surface area contributed by atoms with E-state index < -0.39 is 23.7 Å². The van der Waals surface area contributed by atoms with Gasteiger partial charge in [0, 0.05) is 44.4 Å². The van der Waals surface area contributed by atoms with Crippen molar-refractivity contribution in [2.24, 2.45) is 0 Å². The molecule has 4 N–H and O–H groups in total. The number of aliphatic carboxylic acids is 1. The first-order valence-electron chi connectivity index (χ1n) is 13.2. The molecule has 3 aromatic rings. The lowest BCUT2D eigenvalue weighted by Gasteiger charge is -2.27. The van der Waals surface area contributed by atoms with E-state index in [0.29, 0.717) is 39.0 Å². The Morgan fingerprint density at radius 3 is 2.23 bits per heavy atom. The van der Waals surface area contributed by atoms with Gasteiger partial charge in [0.2, 0.25) is 0 Å². The van der Waals surface area contributed by atoms with Crippen LogP contribution in [0.25, 0.3) is 0 Å².